The second-order valence-corrected chi connectivity index (χ2v) is 2.05. The van der Waals surface area contributed by atoms with E-state index in [1.807, 2.05) is 0 Å². The van der Waals surface area contributed by atoms with E-state index in [0.29, 0.717) is 0 Å². The molecule has 0 spiro atoms. The monoisotopic (exact) mass is 152 g/mol. The molecular weight excluding hydrogens is 144 g/mol. The zero-order chi connectivity index (χ0) is 8.43. The quantitative estimate of drug-likeness (QED) is 0.496. The first kappa shape index (κ1) is 7.33. The van der Waals surface area contributed by atoms with Gasteiger partial charge in [-0.2, -0.15) is 0 Å². The normalized spacial score (nSPS) is 9.45. The van der Waals surface area contributed by atoms with E-state index in [1.165, 1.54) is 12.4 Å². The lowest BCUT2D eigenvalue weighted by molar-refractivity contribution is 0.100. The molecule has 0 fully saturated rings. The topological polar surface area (TPSA) is 108 Å². The van der Waals surface area contributed by atoms with E-state index in [-0.39, 0.29) is 16.9 Å². The van der Waals surface area contributed by atoms with Crippen LogP contribution >= 0.6 is 0 Å². The number of aromatic nitrogens is 1. The van der Waals surface area contributed by atoms with Crippen LogP contribution in [0.3, 0.4) is 0 Å². The lowest BCUT2D eigenvalue weighted by Crippen LogP contribution is -2.14. The summed E-state index contributed by atoms with van der Waals surface area (Å²) in [6.07, 6.45) is 2.65. The summed E-state index contributed by atoms with van der Waals surface area (Å²) in [5.41, 5.74) is 16.4. The maximum atomic E-state index is 10.6. The molecule has 5 heteroatoms. The Kier molecular flexibility index (Phi) is 1.63. The van der Waals surface area contributed by atoms with Crippen molar-refractivity contribution >= 4 is 17.3 Å². The van der Waals surface area contributed by atoms with Crippen LogP contribution in [0.25, 0.3) is 0 Å². The van der Waals surface area contributed by atoms with Crippen LogP contribution in [-0.2, 0) is 0 Å². The third-order valence-electron chi connectivity index (χ3n) is 1.28. The Balaban J connectivity index is 3.27. The number of nitrogens with two attached hydrogens (primary N) is 3. The highest BCUT2D eigenvalue weighted by Crippen LogP contribution is 2.16. The molecule has 1 aromatic rings. The van der Waals surface area contributed by atoms with E-state index in [9.17, 15) is 4.79 Å². The molecule has 1 amide bonds. The Hall–Kier alpha value is -1.78. The van der Waals surface area contributed by atoms with Gasteiger partial charge in [0, 0.05) is 6.20 Å². The first-order valence-electron chi connectivity index (χ1n) is 2.91. The molecule has 1 aromatic heterocycles. The van der Waals surface area contributed by atoms with Gasteiger partial charge in [-0.15, -0.1) is 0 Å². The van der Waals surface area contributed by atoms with Crippen molar-refractivity contribution in [3.8, 4) is 0 Å². The van der Waals surface area contributed by atoms with Gasteiger partial charge < -0.3 is 17.2 Å². The standard InChI is InChI=1S/C6H8N4O/c7-4-2-10-1-3(5(4)8)6(9)11/h1-2H,7H2,(H2,8,10)(H2,9,11). The molecule has 0 saturated heterocycles. The lowest BCUT2D eigenvalue weighted by atomic mass is 10.2. The number of nitrogen functional groups attached to an aromatic ring is 2. The number of hydrogen-bond donors (Lipinski definition) is 3. The van der Waals surface area contributed by atoms with Crippen LogP contribution < -0.4 is 17.2 Å². The number of rotatable bonds is 1. The van der Waals surface area contributed by atoms with Crippen molar-refractivity contribution in [2.24, 2.45) is 5.73 Å². The summed E-state index contributed by atoms with van der Waals surface area (Å²) in [6, 6.07) is 0. The molecule has 5 nitrogen and oxygen atoms in total. The molecule has 11 heavy (non-hydrogen) atoms. The molecule has 0 atom stereocenters. The van der Waals surface area contributed by atoms with Gasteiger partial charge in [0.05, 0.1) is 23.1 Å². The lowest BCUT2D eigenvalue weighted by Gasteiger charge is -2.01. The Morgan fingerprint density at radius 1 is 1.36 bits per heavy atom. The molecule has 0 bridgehead atoms. The molecule has 0 radical (unpaired) electrons. The minimum absolute atomic E-state index is 0.157. The van der Waals surface area contributed by atoms with Crippen molar-refractivity contribution in [2.45, 2.75) is 0 Å². The van der Waals surface area contributed by atoms with Crippen molar-refractivity contribution in [3.63, 3.8) is 0 Å². The second-order valence-electron chi connectivity index (χ2n) is 2.05. The van der Waals surface area contributed by atoms with Crippen LogP contribution in [0.2, 0.25) is 0 Å². The molecule has 0 unspecified atom stereocenters. The van der Waals surface area contributed by atoms with Crippen molar-refractivity contribution in [1.29, 1.82) is 0 Å². The Bertz CT molecular complexity index is 297. The first-order valence-corrected chi connectivity index (χ1v) is 2.91. The van der Waals surface area contributed by atoms with Gasteiger partial charge in [-0.05, 0) is 0 Å². The third kappa shape index (κ3) is 1.21. The fraction of sp³-hybridized carbons (Fsp3) is 0. The smallest absolute Gasteiger partial charge is 0.252 e. The Morgan fingerprint density at radius 2 is 2.00 bits per heavy atom. The summed E-state index contributed by atoms with van der Waals surface area (Å²) in [5.74, 6) is -0.623. The first-order chi connectivity index (χ1) is 5.13. The fourth-order valence-corrected chi connectivity index (χ4v) is 0.683. The highest BCUT2D eigenvalue weighted by molar-refractivity contribution is 5.99. The number of carbonyl (C=O) groups excluding carboxylic acids is 1. The molecule has 1 heterocycles. The number of hydrogen-bond acceptors (Lipinski definition) is 4. The van der Waals surface area contributed by atoms with Gasteiger partial charge in [0.1, 0.15) is 0 Å². The minimum atomic E-state index is -0.623. The predicted octanol–water partition coefficient (Wildman–Crippen LogP) is -0.655. The predicted molar refractivity (Wildman–Crippen MR) is 41.6 cm³/mol. The van der Waals surface area contributed by atoms with Crippen molar-refractivity contribution < 1.29 is 4.79 Å². The number of amides is 1. The van der Waals surface area contributed by atoms with E-state index < -0.39 is 5.91 Å². The van der Waals surface area contributed by atoms with Crippen LogP contribution in [0, 0.1) is 0 Å². The van der Waals surface area contributed by atoms with E-state index in [1.54, 1.807) is 0 Å². The molecule has 0 aliphatic heterocycles. The highest BCUT2D eigenvalue weighted by atomic mass is 16.1. The maximum absolute atomic E-state index is 10.6. The van der Waals surface area contributed by atoms with Crippen LogP contribution in [0.4, 0.5) is 11.4 Å². The Labute approximate surface area is 63.2 Å². The zero-order valence-electron chi connectivity index (χ0n) is 5.74. The van der Waals surface area contributed by atoms with Crippen LogP contribution in [0.1, 0.15) is 10.4 Å². The molecule has 0 aliphatic rings. The van der Waals surface area contributed by atoms with Gasteiger partial charge in [0.15, 0.2) is 0 Å². The maximum Gasteiger partial charge on any atom is 0.252 e. The molecule has 0 aromatic carbocycles. The third-order valence-corrected chi connectivity index (χ3v) is 1.28. The van der Waals surface area contributed by atoms with Gasteiger partial charge >= 0.3 is 0 Å². The number of anilines is 2. The van der Waals surface area contributed by atoms with Gasteiger partial charge in [-0.1, -0.05) is 0 Å². The summed E-state index contributed by atoms with van der Waals surface area (Å²) in [7, 11) is 0. The minimum Gasteiger partial charge on any atom is -0.396 e. The van der Waals surface area contributed by atoms with Crippen molar-refractivity contribution in [3.05, 3.63) is 18.0 Å². The average Bonchev–Trinajstić information content (AvgIpc) is 1.94. The van der Waals surface area contributed by atoms with Gasteiger partial charge in [-0.3, -0.25) is 9.78 Å². The number of pyridine rings is 1. The average molecular weight is 152 g/mol. The molecule has 1 rings (SSSR count). The van der Waals surface area contributed by atoms with Crippen LogP contribution in [-0.4, -0.2) is 10.9 Å². The number of carbonyl (C=O) groups is 1. The summed E-state index contributed by atoms with van der Waals surface area (Å²) in [6.45, 7) is 0. The summed E-state index contributed by atoms with van der Waals surface area (Å²) < 4.78 is 0. The number of primary amides is 1. The van der Waals surface area contributed by atoms with Crippen molar-refractivity contribution in [2.75, 3.05) is 11.5 Å². The van der Waals surface area contributed by atoms with Crippen LogP contribution in [0.15, 0.2) is 12.4 Å². The van der Waals surface area contributed by atoms with Gasteiger partial charge in [0.25, 0.3) is 5.91 Å². The van der Waals surface area contributed by atoms with Gasteiger partial charge in [-0.25, -0.2) is 0 Å². The van der Waals surface area contributed by atoms with E-state index >= 15 is 0 Å². The second kappa shape index (κ2) is 2.45. The summed E-state index contributed by atoms with van der Waals surface area (Å²) in [4.78, 5) is 14.3. The molecule has 6 N–H and O–H groups in total. The zero-order valence-corrected chi connectivity index (χ0v) is 5.74. The van der Waals surface area contributed by atoms with E-state index in [0.717, 1.165) is 0 Å². The Morgan fingerprint density at radius 3 is 2.45 bits per heavy atom. The fourth-order valence-electron chi connectivity index (χ4n) is 0.683. The SMILES string of the molecule is NC(=O)c1cncc(N)c1N. The number of nitrogens with zero attached hydrogens (tertiary/aromatic N) is 1. The summed E-state index contributed by atoms with van der Waals surface area (Å²) in [5, 5.41) is 0. The van der Waals surface area contributed by atoms with Crippen LogP contribution in [0.5, 0.6) is 0 Å². The van der Waals surface area contributed by atoms with Gasteiger partial charge in [0.2, 0.25) is 0 Å². The molecule has 58 valence electrons. The van der Waals surface area contributed by atoms with E-state index in [4.69, 9.17) is 17.2 Å². The molecule has 0 aliphatic carbocycles. The van der Waals surface area contributed by atoms with E-state index in [2.05, 4.69) is 4.98 Å². The largest absolute Gasteiger partial charge is 0.396 e. The molecular formula is C6H8N4O. The van der Waals surface area contributed by atoms with Crippen molar-refractivity contribution in [1.82, 2.24) is 4.98 Å². The summed E-state index contributed by atoms with van der Waals surface area (Å²) >= 11 is 0. The highest BCUT2D eigenvalue weighted by Gasteiger charge is 2.07. The molecule has 0 saturated carbocycles.